The van der Waals surface area contributed by atoms with Crippen molar-refractivity contribution in [2.24, 2.45) is 5.73 Å². The minimum atomic E-state index is -1.19. The number of carbonyl (C=O) groups is 1. The molecule has 0 aliphatic rings. The Bertz CT molecular complexity index is 196. The third kappa shape index (κ3) is 11.3. The topological polar surface area (TPSA) is 101 Å². The van der Waals surface area contributed by atoms with Crippen LogP contribution in [0.2, 0.25) is 0 Å². The molecule has 14 heavy (non-hydrogen) atoms. The Morgan fingerprint density at radius 3 is 2.43 bits per heavy atom. The van der Waals surface area contributed by atoms with Gasteiger partial charge in [-0.3, -0.25) is 9.00 Å². The fraction of sp³-hybridized carbons (Fsp3) is 0.625. The van der Waals surface area contributed by atoms with Gasteiger partial charge in [0.05, 0.1) is 0 Å². The molecule has 0 rings (SSSR count). The van der Waals surface area contributed by atoms with E-state index in [1.165, 1.54) is 6.08 Å². The van der Waals surface area contributed by atoms with Crippen molar-refractivity contribution in [1.29, 1.82) is 0 Å². The van der Waals surface area contributed by atoms with Crippen molar-refractivity contribution in [2.75, 3.05) is 18.1 Å². The number of hydrogen-bond acceptors (Lipinski definition) is 4. The van der Waals surface area contributed by atoms with Gasteiger partial charge in [0.2, 0.25) is 0 Å². The second kappa shape index (κ2) is 10.4. The van der Waals surface area contributed by atoms with E-state index in [0.717, 1.165) is 0 Å². The molecule has 0 amide bonds. The Morgan fingerprint density at radius 1 is 1.71 bits per heavy atom. The Morgan fingerprint density at radius 2 is 2.14 bits per heavy atom. The van der Waals surface area contributed by atoms with Gasteiger partial charge in [0, 0.05) is 28.9 Å². The highest BCUT2D eigenvalue weighted by Crippen LogP contribution is 1.87. The average molecular weight is 223 g/mol. The van der Waals surface area contributed by atoms with Crippen molar-refractivity contribution in [1.82, 2.24) is 0 Å². The number of aliphatic carboxylic acids is 1. The van der Waals surface area contributed by atoms with E-state index < -0.39 is 22.8 Å². The van der Waals surface area contributed by atoms with E-state index in [1.807, 2.05) is 0 Å². The first-order chi connectivity index (χ1) is 6.49. The standard InChI is InChI=1S/C6H11NO3S.C2H6O/c1-2-3-11(10)4-5(7)6(8)9;1-2-3/h2,5H,1,3-4,7H2,(H,8,9);3H,2H2,1H3. The summed E-state index contributed by atoms with van der Waals surface area (Å²) in [4.78, 5) is 10.2. The molecule has 0 radical (unpaired) electrons. The Balaban J connectivity index is 0. The molecule has 5 nitrogen and oxygen atoms in total. The molecule has 0 bridgehead atoms. The molecule has 2 atom stereocenters. The Labute approximate surface area is 86.1 Å². The lowest BCUT2D eigenvalue weighted by Gasteiger charge is -2.03. The van der Waals surface area contributed by atoms with Crippen LogP contribution in [-0.2, 0) is 15.6 Å². The predicted molar refractivity (Wildman–Crippen MR) is 56.4 cm³/mol. The smallest absolute Gasteiger partial charge is 0.321 e. The van der Waals surface area contributed by atoms with Crippen molar-refractivity contribution in [3.05, 3.63) is 12.7 Å². The second-order valence-electron chi connectivity index (χ2n) is 2.32. The quantitative estimate of drug-likeness (QED) is 0.537. The van der Waals surface area contributed by atoms with Gasteiger partial charge in [-0.2, -0.15) is 0 Å². The van der Waals surface area contributed by atoms with Crippen LogP contribution < -0.4 is 5.73 Å². The minimum Gasteiger partial charge on any atom is -0.480 e. The van der Waals surface area contributed by atoms with Gasteiger partial charge in [-0.05, 0) is 6.92 Å². The van der Waals surface area contributed by atoms with Crippen LogP contribution in [0.3, 0.4) is 0 Å². The highest BCUT2D eigenvalue weighted by molar-refractivity contribution is 7.85. The fourth-order valence-corrected chi connectivity index (χ4v) is 1.41. The molecule has 0 aliphatic carbocycles. The molecule has 0 saturated heterocycles. The van der Waals surface area contributed by atoms with Gasteiger partial charge in [-0.25, -0.2) is 0 Å². The summed E-state index contributed by atoms with van der Waals surface area (Å²) in [5, 5.41) is 15.9. The van der Waals surface area contributed by atoms with Crippen molar-refractivity contribution >= 4 is 16.8 Å². The van der Waals surface area contributed by atoms with E-state index in [0.29, 0.717) is 5.75 Å². The molecule has 0 aromatic carbocycles. The van der Waals surface area contributed by atoms with E-state index in [4.69, 9.17) is 15.9 Å². The van der Waals surface area contributed by atoms with Gasteiger partial charge >= 0.3 is 5.97 Å². The molecular weight excluding hydrogens is 206 g/mol. The van der Waals surface area contributed by atoms with Gasteiger partial charge in [0.25, 0.3) is 0 Å². The monoisotopic (exact) mass is 223 g/mol. The van der Waals surface area contributed by atoms with Crippen molar-refractivity contribution in [3.8, 4) is 0 Å². The summed E-state index contributed by atoms with van der Waals surface area (Å²) < 4.78 is 10.9. The molecule has 0 aromatic rings. The second-order valence-corrected chi connectivity index (χ2v) is 3.87. The van der Waals surface area contributed by atoms with E-state index in [-0.39, 0.29) is 12.4 Å². The molecule has 6 heteroatoms. The van der Waals surface area contributed by atoms with Gasteiger partial charge in [0.15, 0.2) is 0 Å². The lowest BCUT2D eigenvalue weighted by molar-refractivity contribution is -0.137. The van der Waals surface area contributed by atoms with Crippen molar-refractivity contribution in [3.63, 3.8) is 0 Å². The molecule has 0 aromatic heterocycles. The van der Waals surface area contributed by atoms with Crippen LogP contribution >= 0.6 is 0 Å². The molecule has 0 saturated carbocycles. The lowest BCUT2D eigenvalue weighted by atomic mass is 10.4. The van der Waals surface area contributed by atoms with E-state index in [1.54, 1.807) is 6.92 Å². The van der Waals surface area contributed by atoms with Crippen LogP contribution in [0.5, 0.6) is 0 Å². The van der Waals surface area contributed by atoms with Crippen LogP contribution in [-0.4, -0.2) is 44.5 Å². The van der Waals surface area contributed by atoms with E-state index in [2.05, 4.69) is 6.58 Å². The number of aliphatic hydroxyl groups excluding tert-OH is 1. The van der Waals surface area contributed by atoms with Crippen LogP contribution in [0.1, 0.15) is 6.92 Å². The number of aliphatic hydroxyl groups is 1. The average Bonchev–Trinajstić information content (AvgIpc) is 2.05. The Kier molecular flexibility index (Phi) is 11.6. The zero-order valence-corrected chi connectivity index (χ0v) is 9.00. The van der Waals surface area contributed by atoms with Crippen LogP contribution in [0.15, 0.2) is 12.7 Å². The van der Waals surface area contributed by atoms with Gasteiger partial charge in [-0.15, -0.1) is 6.58 Å². The summed E-state index contributed by atoms with van der Waals surface area (Å²) in [5.41, 5.74) is 5.12. The minimum absolute atomic E-state index is 0.0125. The molecule has 4 N–H and O–H groups in total. The molecule has 0 aliphatic heterocycles. The zero-order valence-electron chi connectivity index (χ0n) is 8.18. The van der Waals surface area contributed by atoms with Gasteiger partial charge < -0.3 is 15.9 Å². The molecule has 0 heterocycles. The van der Waals surface area contributed by atoms with Gasteiger partial charge in [0.1, 0.15) is 6.04 Å². The summed E-state index contributed by atoms with van der Waals surface area (Å²) in [6.07, 6.45) is 1.48. The van der Waals surface area contributed by atoms with E-state index >= 15 is 0 Å². The maximum atomic E-state index is 10.9. The first-order valence-corrected chi connectivity index (χ1v) is 5.53. The number of carboxylic acid groups (broad SMARTS) is 1. The predicted octanol–water partition coefficient (Wildman–Crippen LogP) is -0.668. The third-order valence-electron chi connectivity index (χ3n) is 0.986. The SMILES string of the molecule is C=CCS(=O)CC(N)C(=O)O.CCO. The number of nitrogens with two attached hydrogens (primary N) is 1. The summed E-state index contributed by atoms with van der Waals surface area (Å²) >= 11 is 0. The van der Waals surface area contributed by atoms with E-state index in [9.17, 15) is 9.00 Å². The zero-order chi connectivity index (χ0) is 11.6. The van der Waals surface area contributed by atoms with Crippen molar-refractivity contribution < 1.29 is 19.2 Å². The third-order valence-corrected chi connectivity index (χ3v) is 2.32. The highest BCUT2D eigenvalue weighted by Gasteiger charge is 2.13. The lowest BCUT2D eigenvalue weighted by Crippen LogP contribution is -2.35. The van der Waals surface area contributed by atoms with Crippen LogP contribution in [0.25, 0.3) is 0 Å². The normalized spacial score (nSPS) is 13.4. The molecular formula is C8H17NO4S. The summed E-state index contributed by atoms with van der Waals surface area (Å²) in [7, 11) is -1.19. The molecule has 2 unspecified atom stereocenters. The molecule has 0 fully saturated rings. The number of carboxylic acids is 1. The largest absolute Gasteiger partial charge is 0.480 e. The summed E-state index contributed by atoms with van der Waals surface area (Å²) in [6.45, 7) is 5.30. The van der Waals surface area contributed by atoms with Crippen molar-refractivity contribution in [2.45, 2.75) is 13.0 Å². The highest BCUT2D eigenvalue weighted by atomic mass is 32.2. The molecule has 84 valence electrons. The van der Waals surface area contributed by atoms with Crippen LogP contribution in [0, 0.1) is 0 Å². The first kappa shape index (κ1) is 15.7. The Hall–Kier alpha value is -0.720. The number of rotatable bonds is 5. The maximum absolute atomic E-state index is 10.9. The van der Waals surface area contributed by atoms with Crippen LogP contribution in [0.4, 0.5) is 0 Å². The van der Waals surface area contributed by atoms with Gasteiger partial charge in [-0.1, -0.05) is 6.08 Å². The summed E-state index contributed by atoms with van der Waals surface area (Å²) in [6, 6.07) is -1.03. The fourth-order valence-electron chi connectivity index (χ4n) is 0.471. The maximum Gasteiger partial charge on any atom is 0.321 e. The molecule has 0 spiro atoms. The first-order valence-electron chi connectivity index (χ1n) is 4.04. The summed E-state index contributed by atoms with van der Waals surface area (Å²) in [5.74, 6) is -0.843. The number of hydrogen-bond donors (Lipinski definition) is 3.